The smallest absolute Gasteiger partial charge is 0.368 e. The Labute approximate surface area is 174 Å². The number of hydrogen-bond acceptors (Lipinski definition) is 3. The maximum absolute atomic E-state index is 12.8. The topological polar surface area (TPSA) is 61.4 Å². The van der Waals surface area contributed by atoms with Crippen molar-refractivity contribution in [2.45, 2.75) is 58.3 Å². The summed E-state index contributed by atoms with van der Waals surface area (Å²) in [6.07, 6.45) is -2.97. The Hall–Kier alpha value is -1.96. The van der Waals surface area contributed by atoms with Gasteiger partial charge in [0.05, 0.1) is 16.3 Å². The maximum atomic E-state index is 12.8. The number of alkyl halides is 3. The van der Waals surface area contributed by atoms with Crippen molar-refractivity contribution in [1.82, 2.24) is 10.6 Å². The first-order chi connectivity index (χ1) is 13.3. The van der Waals surface area contributed by atoms with Gasteiger partial charge in [0.2, 0.25) is 11.8 Å². The van der Waals surface area contributed by atoms with Crippen LogP contribution in [0.3, 0.4) is 0 Å². The molecular weight excluding hydrogens is 407 g/mol. The lowest BCUT2D eigenvalue weighted by atomic mass is 9.99. The van der Waals surface area contributed by atoms with Gasteiger partial charge in [-0.2, -0.15) is 13.2 Å². The lowest BCUT2D eigenvalue weighted by Crippen LogP contribution is -2.59. The van der Waals surface area contributed by atoms with Crippen molar-refractivity contribution in [3.05, 3.63) is 28.8 Å². The molecule has 2 amide bonds. The van der Waals surface area contributed by atoms with Gasteiger partial charge in [-0.25, -0.2) is 0 Å². The van der Waals surface area contributed by atoms with Gasteiger partial charge < -0.3 is 15.5 Å². The molecule has 0 saturated carbocycles. The molecule has 0 radical (unpaired) electrons. The van der Waals surface area contributed by atoms with Gasteiger partial charge in [0, 0.05) is 25.0 Å². The molecule has 1 heterocycles. The number of carbonyl (C=O) groups is 2. The van der Waals surface area contributed by atoms with Crippen LogP contribution in [0.2, 0.25) is 5.02 Å². The SMILES string of the molecule is CC(C)C(=O)NC(C)(C)C(=O)N[C@@H]1CCCN(c2ccc(C(F)(F)F)cc2Cl)C1. The van der Waals surface area contributed by atoms with Gasteiger partial charge in [-0.05, 0) is 44.9 Å². The van der Waals surface area contributed by atoms with Gasteiger partial charge in [-0.3, -0.25) is 9.59 Å². The lowest BCUT2D eigenvalue weighted by Gasteiger charge is -2.37. The van der Waals surface area contributed by atoms with Crippen LogP contribution in [0.5, 0.6) is 0 Å². The van der Waals surface area contributed by atoms with Gasteiger partial charge in [0.1, 0.15) is 5.54 Å². The van der Waals surface area contributed by atoms with Crippen molar-refractivity contribution in [1.29, 1.82) is 0 Å². The summed E-state index contributed by atoms with van der Waals surface area (Å²) in [6.45, 7) is 7.81. The standard InChI is InChI=1S/C20H27ClF3N3O2/c1-12(2)17(28)26-19(3,4)18(29)25-14-6-5-9-27(11-14)16-8-7-13(10-15(16)21)20(22,23)24/h7-8,10,12,14H,5-6,9,11H2,1-4H3,(H,25,29)(H,26,28)/t14-/m1/s1. The molecule has 1 saturated heterocycles. The number of piperidine rings is 1. The Kier molecular flexibility index (Phi) is 7.09. The molecule has 1 fully saturated rings. The third-order valence-electron chi connectivity index (χ3n) is 4.90. The highest BCUT2D eigenvalue weighted by Gasteiger charge is 2.34. The number of hydrogen-bond donors (Lipinski definition) is 2. The zero-order chi connectivity index (χ0) is 22.0. The quantitative estimate of drug-likeness (QED) is 0.738. The average Bonchev–Trinajstić information content (AvgIpc) is 2.60. The monoisotopic (exact) mass is 433 g/mol. The number of nitrogens with one attached hydrogen (secondary N) is 2. The molecule has 0 bridgehead atoms. The molecule has 162 valence electrons. The van der Waals surface area contributed by atoms with Crippen LogP contribution in [0.1, 0.15) is 46.1 Å². The summed E-state index contributed by atoms with van der Waals surface area (Å²) in [4.78, 5) is 26.5. The summed E-state index contributed by atoms with van der Waals surface area (Å²) in [7, 11) is 0. The molecule has 0 aromatic heterocycles. The second-order valence-electron chi connectivity index (χ2n) is 8.19. The Morgan fingerprint density at radius 3 is 2.45 bits per heavy atom. The van der Waals surface area contributed by atoms with E-state index in [1.54, 1.807) is 27.7 Å². The van der Waals surface area contributed by atoms with E-state index in [9.17, 15) is 22.8 Å². The number of carbonyl (C=O) groups excluding carboxylic acids is 2. The molecule has 5 nitrogen and oxygen atoms in total. The molecule has 1 aliphatic heterocycles. The molecule has 1 aromatic carbocycles. The van der Waals surface area contributed by atoms with Crippen molar-refractivity contribution in [3.63, 3.8) is 0 Å². The van der Waals surface area contributed by atoms with Gasteiger partial charge in [0.15, 0.2) is 0 Å². The minimum Gasteiger partial charge on any atom is -0.368 e. The molecule has 0 spiro atoms. The van der Waals surface area contributed by atoms with E-state index in [4.69, 9.17) is 11.6 Å². The second-order valence-corrected chi connectivity index (χ2v) is 8.60. The summed E-state index contributed by atoms with van der Waals surface area (Å²) in [5, 5.41) is 5.69. The number of nitrogens with zero attached hydrogens (tertiary/aromatic N) is 1. The first-order valence-corrected chi connectivity index (χ1v) is 9.93. The van der Waals surface area contributed by atoms with E-state index in [2.05, 4.69) is 10.6 Å². The highest BCUT2D eigenvalue weighted by Crippen LogP contribution is 2.35. The van der Waals surface area contributed by atoms with E-state index >= 15 is 0 Å². The summed E-state index contributed by atoms with van der Waals surface area (Å²) >= 11 is 6.11. The third-order valence-corrected chi connectivity index (χ3v) is 5.20. The molecule has 0 aliphatic carbocycles. The Balaban J connectivity index is 2.06. The van der Waals surface area contributed by atoms with E-state index in [-0.39, 0.29) is 28.8 Å². The summed E-state index contributed by atoms with van der Waals surface area (Å²) in [5.74, 6) is -0.766. The van der Waals surface area contributed by atoms with Crippen LogP contribution in [0.4, 0.5) is 18.9 Å². The third kappa shape index (κ3) is 6.01. The minimum absolute atomic E-state index is 0.0244. The zero-order valence-corrected chi connectivity index (χ0v) is 17.7. The van der Waals surface area contributed by atoms with Crippen molar-refractivity contribution in [2.75, 3.05) is 18.0 Å². The molecule has 1 aliphatic rings. The number of halogens is 4. The van der Waals surface area contributed by atoms with E-state index in [1.807, 2.05) is 4.90 Å². The van der Waals surface area contributed by atoms with Gasteiger partial charge in [-0.1, -0.05) is 25.4 Å². The fourth-order valence-corrected chi connectivity index (χ4v) is 3.43. The van der Waals surface area contributed by atoms with Crippen LogP contribution in [0.25, 0.3) is 0 Å². The number of benzene rings is 1. The predicted molar refractivity (Wildman–Crippen MR) is 107 cm³/mol. The van der Waals surface area contributed by atoms with Crippen molar-refractivity contribution >= 4 is 29.1 Å². The Morgan fingerprint density at radius 2 is 1.90 bits per heavy atom. The number of amides is 2. The number of rotatable bonds is 5. The predicted octanol–water partition coefficient (Wildman–Crippen LogP) is 3.99. The Morgan fingerprint density at radius 1 is 1.24 bits per heavy atom. The number of anilines is 1. The molecule has 2 rings (SSSR count). The van der Waals surface area contributed by atoms with Gasteiger partial charge in [-0.15, -0.1) is 0 Å². The van der Waals surface area contributed by atoms with Crippen LogP contribution in [-0.2, 0) is 15.8 Å². The van der Waals surface area contributed by atoms with Crippen molar-refractivity contribution in [2.24, 2.45) is 5.92 Å². The highest BCUT2D eigenvalue weighted by molar-refractivity contribution is 6.33. The lowest BCUT2D eigenvalue weighted by molar-refractivity contribution is -0.137. The fourth-order valence-electron chi connectivity index (χ4n) is 3.13. The van der Waals surface area contributed by atoms with Crippen LogP contribution < -0.4 is 15.5 Å². The molecule has 1 atom stereocenters. The molecular formula is C20H27ClF3N3O2. The average molecular weight is 434 g/mol. The van der Waals surface area contributed by atoms with E-state index < -0.39 is 17.3 Å². The van der Waals surface area contributed by atoms with Gasteiger partial charge in [0.25, 0.3) is 0 Å². The van der Waals surface area contributed by atoms with Crippen LogP contribution in [0.15, 0.2) is 18.2 Å². The largest absolute Gasteiger partial charge is 0.416 e. The first-order valence-electron chi connectivity index (χ1n) is 9.56. The van der Waals surface area contributed by atoms with Crippen LogP contribution >= 0.6 is 11.6 Å². The van der Waals surface area contributed by atoms with Crippen molar-refractivity contribution in [3.8, 4) is 0 Å². The van der Waals surface area contributed by atoms with Gasteiger partial charge >= 0.3 is 6.18 Å². The molecule has 9 heteroatoms. The highest BCUT2D eigenvalue weighted by atomic mass is 35.5. The first kappa shape index (κ1) is 23.3. The molecule has 29 heavy (non-hydrogen) atoms. The van der Waals surface area contributed by atoms with E-state index in [0.717, 1.165) is 25.0 Å². The van der Waals surface area contributed by atoms with Crippen LogP contribution in [-0.4, -0.2) is 36.5 Å². The van der Waals surface area contributed by atoms with E-state index in [1.165, 1.54) is 6.07 Å². The Bertz CT molecular complexity index is 766. The normalized spacial score (nSPS) is 18.0. The fraction of sp³-hybridized carbons (Fsp3) is 0.600. The van der Waals surface area contributed by atoms with E-state index in [0.29, 0.717) is 18.8 Å². The maximum Gasteiger partial charge on any atom is 0.416 e. The molecule has 1 aromatic rings. The summed E-state index contributed by atoms with van der Waals surface area (Å²) in [6, 6.07) is 3.09. The molecule has 0 unspecified atom stereocenters. The van der Waals surface area contributed by atoms with Crippen molar-refractivity contribution < 1.29 is 22.8 Å². The summed E-state index contributed by atoms with van der Waals surface area (Å²) in [5.41, 5.74) is -1.36. The second kappa shape index (κ2) is 8.81. The minimum atomic E-state index is -4.45. The molecule has 2 N–H and O–H groups in total. The van der Waals surface area contributed by atoms with Crippen LogP contribution in [0, 0.1) is 5.92 Å². The summed E-state index contributed by atoms with van der Waals surface area (Å²) < 4.78 is 38.5. The zero-order valence-electron chi connectivity index (χ0n) is 17.0.